The van der Waals surface area contributed by atoms with Gasteiger partial charge < -0.3 is 15.0 Å². The first-order valence-corrected chi connectivity index (χ1v) is 6.20. The van der Waals surface area contributed by atoms with Gasteiger partial charge in [-0.25, -0.2) is 4.98 Å². The van der Waals surface area contributed by atoms with E-state index in [-0.39, 0.29) is 17.0 Å². The lowest BCUT2D eigenvalue weighted by Gasteiger charge is -2.09. The van der Waals surface area contributed by atoms with Crippen LogP contribution in [0.25, 0.3) is 0 Å². The number of nitro benzene ring substituents is 1. The Morgan fingerprint density at radius 2 is 2.33 bits per heavy atom. The van der Waals surface area contributed by atoms with Crippen LogP contribution in [0.3, 0.4) is 0 Å². The van der Waals surface area contributed by atoms with E-state index in [1.807, 2.05) is 0 Å². The molecule has 21 heavy (non-hydrogen) atoms. The van der Waals surface area contributed by atoms with Crippen LogP contribution in [0.15, 0.2) is 30.7 Å². The van der Waals surface area contributed by atoms with Gasteiger partial charge >= 0.3 is 5.69 Å². The minimum absolute atomic E-state index is 0.0402. The smallest absolute Gasteiger partial charge is 0.311 e. The summed E-state index contributed by atoms with van der Waals surface area (Å²) in [5, 5.41) is 13.6. The summed E-state index contributed by atoms with van der Waals surface area (Å²) in [4.78, 5) is 29.2. The van der Waals surface area contributed by atoms with Crippen molar-refractivity contribution in [1.82, 2.24) is 15.3 Å². The van der Waals surface area contributed by atoms with Crippen molar-refractivity contribution in [1.29, 1.82) is 0 Å². The molecule has 0 atom stereocenters. The van der Waals surface area contributed by atoms with Gasteiger partial charge in [-0.05, 0) is 6.07 Å². The molecule has 0 saturated carbocycles. The number of H-pyrrole nitrogens is 1. The lowest BCUT2D eigenvalue weighted by Crippen LogP contribution is -2.26. The summed E-state index contributed by atoms with van der Waals surface area (Å²) in [6.45, 7) is 0.382. The Kier molecular flexibility index (Phi) is 4.50. The molecule has 0 aliphatic heterocycles. The van der Waals surface area contributed by atoms with Gasteiger partial charge in [0.15, 0.2) is 0 Å². The summed E-state index contributed by atoms with van der Waals surface area (Å²) in [6, 6.07) is 4.22. The van der Waals surface area contributed by atoms with Crippen molar-refractivity contribution in [2.24, 2.45) is 0 Å². The number of hydrogen-bond acceptors (Lipinski definition) is 5. The van der Waals surface area contributed by atoms with Crippen molar-refractivity contribution < 1.29 is 14.5 Å². The molecule has 0 unspecified atom stereocenters. The molecular weight excluding hydrogens is 276 g/mol. The molecule has 1 heterocycles. The van der Waals surface area contributed by atoms with Crippen LogP contribution in [0.1, 0.15) is 16.1 Å². The van der Waals surface area contributed by atoms with Gasteiger partial charge in [0.05, 0.1) is 23.9 Å². The highest BCUT2D eigenvalue weighted by molar-refractivity contribution is 5.98. The van der Waals surface area contributed by atoms with Crippen molar-refractivity contribution in [2.45, 2.75) is 6.42 Å². The summed E-state index contributed by atoms with van der Waals surface area (Å²) in [7, 11) is 1.30. The molecule has 0 spiro atoms. The molecule has 1 aromatic carbocycles. The van der Waals surface area contributed by atoms with Crippen LogP contribution in [0, 0.1) is 10.1 Å². The third-order valence-corrected chi connectivity index (χ3v) is 2.87. The quantitative estimate of drug-likeness (QED) is 0.615. The van der Waals surface area contributed by atoms with E-state index in [4.69, 9.17) is 4.74 Å². The summed E-state index contributed by atoms with van der Waals surface area (Å²) in [5.74, 6) is -0.461. The minimum Gasteiger partial charge on any atom is -0.490 e. The van der Waals surface area contributed by atoms with E-state index >= 15 is 0 Å². The van der Waals surface area contributed by atoms with Gasteiger partial charge in [-0.2, -0.15) is 0 Å². The number of ether oxygens (including phenoxy) is 1. The molecule has 8 nitrogen and oxygen atoms in total. The van der Waals surface area contributed by atoms with Gasteiger partial charge in [-0.3, -0.25) is 14.9 Å². The van der Waals surface area contributed by atoms with Crippen LogP contribution in [0.5, 0.6) is 5.75 Å². The number of aromatic amines is 1. The van der Waals surface area contributed by atoms with Gasteiger partial charge in [0.1, 0.15) is 0 Å². The van der Waals surface area contributed by atoms with E-state index in [9.17, 15) is 14.9 Å². The average molecular weight is 290 g/mol. The Bertz CT molecular complexity index is 640. The number of methoxy groups -OCH3 is 1. The number of nitrogens with zero attached hydrogens (tertiary/aromatic N) is 2. The molecule has 0 fully saturated rings. The number of nitro groups is 1. The molecule has 0 radical (unpaired) electrons. The first kappa shape index (κ1) is 14.5. The maximum absolute atomic E-state index is 12.1. The molecule has 0 bridgehead atoms. The van der Waals surface area contributed by atoms with Crippen LogP contribution in [0.2, 0.25) is 0 Å². The summed E-state index contributed by atoms with van der Waals surface area (Å²) >= 11 is 0. The maximum atomic E-state index is 12.1. The topological polar surface area (TPSA) is 110 Å². The molecule has 1 aromatic heterocycles. The normalized spacial score (nSPS) is 10.1. The second-order valence-corrected chi connectivity index (χ2v) is 4.20. The van der Waals surface area contributed by atoms with Crippen molar-refractivity contribution in [3.05, 3.63) is 52.1 Å². The minimum atomic E-state index is -0.583. The largest absolute Gasteiger partial charge is 0.490 e. The molecule has 2 N–H and O–H groups in total. The molecule has 0 saturated heterocycles. The number of hydrogen-bond donors (Lipinski definition) is 2. The van der Waals surface area contributed by atoms with E-state index < -0.39 is 10.8 Å². The number of rotatable bonds is 6. The summed E-state index contributed by atoms with van der Waals surface area (Å²) in [5.41, 5.74) is 0.788. The Balaban J connectivity index is 2.08. The second kappa shape index (κ2) is 6.51. The fraction of sp³-hybridized carbons (Fsp3) is 0.231. The third-order valence-electron chi connectivity index (χ3n) is 2.87. The Morgan fingerprint density at radius 3 is 2.95 bits per heavy atom. The number of para-hydroxylation sites is 1. The molecule has 8 heteroatoms. The molecule has 110 valence electrons. The Morgan fingerprint density at radius 1 is 1.52 bits per heavy atom. The average Bonchev–Trinajstić information content (AvgIpc) is 2.99. The maximum Gasteiger partial charge on any atom is 0.311 e. The summed E-state index contributed by atoms with van der Waals surface area (Å²) < 4.78 is 4.99. The number of nitrogens with one attached hydrogen (secondary N) is 2. The van der Waals surface area contributed by atoms with Crippen LogP contribution in [0.4, 0.5) is 5.69 Å². The molecule has 2 rings (SSSR count). The molecule has 0 aliphatic carbocycles. The highest BCUT2D eigenvalue weighted by atomic mass is 16.6. The zero-order valence-corrected chi connectivity index (χ0v) is 11.3. The van der Waals surface area contributed by atoms with Crippen LogP contribution in [-0.4, -0.2) is 34.5 Å². The third kappa shape index (κ3) is 3.35. The van der Waals surface area contributed by atoms with Crippen LogP contribution in [-0.2, 0) is 6.42 Å². The first-order valence-electron chi connectivity index (χ1n) is 6.20. The fourth-order valence-electron chi connectivity index (χ4n) is 1.89. The molecule has 0 aliphatic rings. The lowest BCUT2D eigenvalue weighted by molar-refractivity contribution is -0.385. The molecule has 1 amide bonds. The SMILES string of the molecule is COc1c(C(=O)NCCc2cnc[nH]2)cccc1[N+](=O)[O-]. The Labute approximate surface area is 120 Å². The number of aromatic nitrogens is 2. The van der Waals surface area contributed by atoms with E-state index in [2.05, 4.69) is 15.3 Å². The lowest BCUT2D eigenvalue weighted by atomic mass is 10.1. The summed E-state index contributed by atoms with van der Waals surface area (Å²) in [6.07, 6.45) is 3.81. The number of benzene rings is 1. The number of carbonyl (C=O) groups excluding carboxylic acids is 1. The Hall–Kier alpha value is -2.90. The number of amides is 1. The van der Waals surface area contributed by atoms with E-state index in [1.165, 1.54) is 25.3 Å². The van der Waals surface area contributed by atoms with Crippen molar-refractivity contribution >= 4 is 11.6 Å². The van der Waals surface area contributed by atoms with E-state index in [0.717, 1.165) is 5.69 Å². The standard InChI is InChI=1S/C13H14N4O4/c1-21-12-10(3-2-4-11(12)17(19)20)13(18)15-6-5-9-7-14-8-16-9/h2-4,7-8H,5-6H2,1H3,(H,14,16)(H,15,18). The van der Waals surface area contributed by atoms with Gasteiger partial charge in [0.25, 0.3) is 5.91 Å². The monoisotopic (exact) mass is 290 g/mol. The first-order chi connectivity index (χ1) is 10.1. The molecular formula is C13H14N4O4. The number of imidazole rings is 1. The molecule has 2 aromatic rings. The van der Waals surface area contributed by atoms with Crippen molar-refractivity contribution in [3.63, 3.8) is 0 Å². The van der Waals surface area contributed by atoms with Crippen LogP contribution >= 0.6 is 0 Å². The van der Waals surface area contributed by atoms with E-state index in [0.29, 0.717) is 13.0 Å². The van der Waals surface area contributed by atoms with Gasteiger partial charge in [0, 0.05) is 30.9 Å². The highest BCUT2D eigenvalue weighted by Crippen LogP contribution is 2.30. The highest BCUT2D eigenvalue weighted by Gasteiger charge is 2.22. The fourth-order valence-corrected chi connectivity index (χ4v) is 1.89. The zero-order chi connectivity index (χ0) is 15.2. The van der Waals surface area contributed by atoms with Gasteiger partial charge in [-0.1, -0.05) is 6.07 Å². The predicted molar refractivity (Wildman–Crippen MR) is 74.3 cm³/mol. The second-order valence-electron chi connectivity index (χ2n) is 4.20. The van der Waals surface area contributed by atoms with Crippen molar-refractivity contribution in [2.75, 3.05) is 13.7 Å². The van der Waals surface area contributed by atoms with Gasteiger partial charge in [-0.15, -0.1) is 0 Å². The zero-order valence-electron chi connectivity index (χ0n) is 11.3. The van der Waals surface area contributed by atoms with Gasteiger partial charge in [0.2, 0.25) is 5.75 Å². The predicted octanol–water partition coefficient (Wildman–Crippen LogP) is 1.30. The van der Waals surface area contributed by atoms with Crippen molar-refractivity contribution in [3.8, 4) is 5.75 Å². The van der Waals surface area contributed by atoms with Crippen LogP contribution < -0.4 is 10.1 Å². The van der Waals surface area contributed by atoms with E-state index in [1.54, 1.807) is 12.5 Å². The number of carbonyl (C=O) groups is 1.